The van der Waals surface area contributed by atoms with Crippen LogP contribution in [0, 0.1) is 11.7 Å². The van der Waals surface area contributed by atoms with E-state index in [-0.39, 0.29) is 36.8 Å². The van der Waals surface area contributed by atoms with Crippen LogP contribution in [0.15, 0.2) is 24.3 Å². The molecule has 8 heteroatoms. The minimum Gasteiger partial charge on any atom is -0.374 e. The van der Waals surface area contributed by atoms with Crippen molar-refractivity contribution in [2.45, 2.75) is 32.5 Å². The number of fused-ring (bicyclic) bond motifs is 1. The zero-order chi connectivity index (χ0) is 18.2. The maximum absolute atomic E-state index is 13.5. The molecular formula is C17H23FN2O4S. The molecule has 2 atom stereocenters. The van der Waals surface area contributed by atoms with Crippen LogP contribution in [-0.2, 0) is 26.1 Å². The van der Waals surface area contributed by atoms with Gasteiger partial charge in [0.2, 0.25) is 15.9 Å². The molecule has 138 valence electrons. The van der Waals surface area contributed by atoms with Crippen molar-refractivity contribution in [1.29, 1.82) is 0 Å². The first-order chi connectivity index (χ1) is 11.8. The van der Waals surface area contributed by atoms with Crippen LogP contribution < -0.4 is 0 Å². The molecule has 0 N–H and O–H groups in total. The van der Waals surface area contributed by atoms with E-state index in [2.05, 4.69) is 0 Å². The van der Waals surface area contributed by atoms with Gasteiger partial charge in [0.05, 0.1) is 24.5 Å². The molecule has 2 aliphatic heterocycles. The Morgan fingerprint density at radius 2 is 2.12 bits per heavy atom. The molecule has 0 unspecified atom stereocenters. The van der Waals surface area contributed by atoms with Crippen molar-refractivity contribution in [2.24, 2.45) is 5.92 Å². The first kappa shape index (κ1) is 18.3. The van der Waals surface area contributed by atoms with E-state index < -0.39 is 21.9 Å². The van der Waals surface area contributed by atoms with Crippen molar-refractivity contribution in [2.75, 3.05) is 25.4 Å². The van der Waals surface area contributed by atoms with Crippen LogP contribution in [0.1, 0.15) is 19.4 Å². The maximum atomic E-state index is 13.5. The average Bonchev–Trinajstić information content (AvgIpc) is 2.90. The predicted molar refractivity (Wildman–Crippen MR) is 90.7 cm³/mol. The summed E-state index contributed by atoms with van der Waals surface area (Å²) in [6.45, 7) is 4.51. The van der Waals surface area contributed by atoms with Crippen molar-refractivity contribution < 1.29 is 22.3 Å². The molecular weight excluding hydrogens is 347 g/mol. The number of rotatable bonds is 3. The number of hydrogen-bond acceptors (Lipinski definition) is 4. The first-order valence-corrected chi connectivity index (χ1v) is 10.0. The lowest BCUT2D eigenvalue weighted by Gasteiger charge is -2.28. The molecule has 2 fully saturated rings. The van der Waals surface area contributed by atoms with Gasteiger partial charge in [-0.25, -0.2) is 12.8 Å². The van der Waals surface area contributed by atoms with Crippen LogP contribution in [0.25, 0.3) is 0 Å². The SMILES string of the molecule is CC(C)C(=O)N1C[C@@H]2OCCS(=O)(=O)N(Cc3cccc(F)c3)[C@@H]2C1. The van der Waals surface area contributed by atoms with E-state index >= 15 is 0 Å². The van der Waals surface area contributed by atoms with Gasteiger partial charge in [-0.05, 0) is 17.7 Å². The highest BCUT2D eigenvalue weighted by Crippen LogP contribution is 2.28. The minimum atomic E-state index is -3.55. The summed E-state index contributed by atoms with van der Waals surface area (Å²) in [4.78, 5) is 14.0. The standard InChI is InChI=1S/C17H23FN2O4S/c1-12(2)17(21)19-10-15-16(11-19)24-6-7-25(22,23)20(15)9-13-4-3-5-14(18)8-13/h3-5,8,12,15-16H,6-7,9-11H2,1-2H3/t15-,16+/m1/s1. The van der Waals surface area contributed by atoms with E-state index in [9.17, 15) is 17.6 Å². The molecule has 0 saturated carbocycles. The molecule has 1 aromatic carbocycles. The number of nitrogens with zero attached hydrogens (tertiary/aromatic N) is 2. The summed E-state index contributed by atoms with van der Waals surface area (Å²) >= 11 is 0. The lowest BCUT2D eigenvalue weighted by Crippen LogP contribution is -2.45. The predicted octanol–water partition coefficient (Wildman–Crippen LogP) is 1.22. The van der Waals surface area contributed by atoms with Crippen LogP contribution in [-0.4, -0.2) is 61.1 Å². The molecule has 0 radical (unpaired) electrons. The fourth-order valence-corrected chi connectivity index (χ4v) is 4.90. The van der Waals surface area contributed by atoms with Gasteiger partial charge in [-0.1, -0.05) is 26.0 Å². The van der Waals surface area contributed by atoms with Gasteiger partial charge in [-0.15, -0.1) is 0 Å². The third kappa shape index (κ3) is 3.86. The van der Waals surface area contributed by atoms with Crippen LogP contribution in [0.5, 0.6) is 0 Å². The summed E-state index contributed by atoms with van der Waals surface area (Å²) < 4.78 is 46.0. The lowest BCUT2D eigenvalue weighted by molar-refractivity contribution is -0.133. The smallest absolute Gasteiger partial charge is 0.225 e. The summed E-state index contributed by atoms with van der Waals surface area (Å²) in [5.74, 6) is -0.677. The molecule has 0 aliphatic carbocycles. The Balaban J connectivity index is 1.88. The zero-order valence-electron chi connectivity index (χ0n) is 14.4. The molecule has 0 aromatic heterocycles. The van der Waals surface area contributed by atoms with E-state index in [1.807, 2.05) is 13.8 Å². The molecule has 6 nitrogen and oxygen atoms in total. The fraction of sp³-hybridized carbons (Fsp3) is 0.588. The Morgan fingerprint density at radius 3 is 2.80 bits per heavy atom. The van der Waals surface area contributed by atoms with E-state index in [0.717, 1.165) is 0 Å². The summed E-state index contributed by atoms with van der Waals surface area (Å²) in [6.07, 6.45) is -0.353. The number of sulfonamides is 1. The van der Waals surface area contributed by atoms with E-state index in [1.54, 1.807) is 17.0 Å². The quantitative estimate of drug-likeness (QED) is 0.803. The molecule has 2 aliphatic rings. The Morgan fingerprint density at radius 1 is 1.36 bits per heavy atom. The summed E-state index contributed by atoms with van der Waals surface area (Å²) in [5, 5.41) is 0. The van der Waals surface area contributed by atoms with Crippen molar-refractivity contribution in [3.8, 4) is 0 Å². The zero-order valence-corrected chi connectivity index (χ0v) is 15.2. The van der Waals surface area contributed by atoms with Gasteiger partial charge >= 0.3 is 0 Å². The van der Waals surface area contributed by atoms with Crippen molar-refractivity contribution in [3.05, 3.63) is 35.6 Å². The van der Waals surface area contributed by atoms with E-state index in [0.29, 0.717) is 18.7 Å². The van der Waals surface area contributed by atoms with Crippen LogP contribution in [0.3, 0.4) is 0 Å². The number of amides is 1. The number of ether oxygens (including phenoxy) is 1. The van der Waals surface area contributed by atoms with E-state index in [1.165, 1.54) is 16.4 Å². The fourth-order valence-electron chi connectivity index (χ4n) is 3.40. The van der Waals surface area contributed by atoms with Gasteiger partial charge < -0.3 is 9.64 Å². The van der Waals surface area contributed by atoms with Crippen LogP contribution in [0.4, 0.5) is 4.39 Å². The van der Waals surface area contributed by atoms with Crippen molar-refractivity contribution >= 4 is 15.9 Å². The highest BCUT2D eigenvalue weighted by molar-refractivity contribution is 7.89. The molecule has 0 bridgehead atoms. The van der Waals surface area contributed by atoms with Gasteiger partial charge in [0.15, 0.2) is 0 Å². The molecule has 1 amide bonds. The molecule has 25 heavy (non-hydrogen) atoms. The second kappa shape index (κ2) is 7.01. The molecule has 1 aromatic rings. The highest BCUT2D eigenvalue weighted by atomic mass is 32.2. The number of likely N-dealkylation sites (tertiary alicyclic amines) is 1. The number of benzene rings is 1. The van der Waals surface area contributed by atoms with Gasteiger partial charge in [0.1, 0.15) is 5.82 Å². The number of carbonyl (C=O) groups is 1. The van der Waals surface area contributed by atoms with Crippen LogP contribution >= 0.6 is 0 Å². The number of carbonyl (C=O) groups excluding carboxylic acids is 1. The van der Waals surface area contributed by atoms with E-state index in [4.69, 9.17) is 4.74 Å². The minimum absolute atomic E-state index is 0.0141. The summed E-state index contributed by atoms with van der Waals surface area (Å²) in [6, 6.07) is 5.48. The largest absolute Gasteiger partial charge is 0.374 e. The molecule has 0 spiro atoms. The second-order valence-corrected chi connectivity index (χ2v) is 8.91. The van der Waals surface area contributed by atoms with Crippen molar-refractivity contribution in [1.82, 2.24) is 9.21 Å². The number of halogens is 1. The topological polar surface area (TPSA) is 66.9 Å². The van der Waals surface area contributed by atoms with Gasteiger partial charge in [0, 0.05) is 25.6 Å². The normalized spacial score (nSPS) is 26.5. The first-order valence-electron chi connectivity index (χ1n) is 8.42. The van der Waals surface area contributed by atoms with Gasteiger partial charge in [-0.3, -0.25) is 4.79 Å². The monoisotopic (exact) mass is 370 g/mol. The van der Waals surface area contributed by atoms with Gasteiger partial charge in [0.25, 0.3) is 0 Å². The van der Waals surface area contributed by atoms with Crippen molar-refractivity contribution in [3.63, 3.8) is 0 Å². The molecule has 3 rings (SSSR count). The number of hydrogen-bond donors (Lipinski definition) is 0. The summed E-state index contributed by atoms with van der Waals surface area (Å²) in [7, 11) is -3.55. The molecule has 2 heterocycles. The lowest BCUT2D eigenvalue weighted by atomic mass is 10.1. The summed E-state index contributed by atoms with van der Waals surface area (Å²) in [5.41, 5.74) is 0.581. The maximum Gasteiger partial charge on any atom is 0.225 e. The third-order valence-corrected chi connectivity index (χ3v) is 6.47. The second-order valence-electron chi connectivity index (χ2n) is 6.87. The Kier molecular flexibility index (Phi) is 5.13. The Labute approximate surface area is 147 Å². The van der Waals surface area contributed by atoms with Gasteiger partial charge in [-0.2, -0.15) is 4.31 Å². The Bertz CT molecular complexity index is 753. The highest BCUT2D eigenvalue weighted by Gasteiger charge is 2.45. The van der Waals surface area contributed by atoms with Crippen LogP contribution in [0.2, 0.25) is 0 Å². The average molecular weight is 370 g/mol. The third-order valence-electron chi connectivity index (χ3n) is 4.67. The molecule has 2 saturated heterocycles. The Hall–Kier alpha value is -1.51.